The van der Waals surface area contributed by atoms with Crippen LogP contribution in [-0.4, -0.2) is 29.6 Å². The van der Waals surface area contributed by atoms with Crippen LogP contribution in [0.5, 0.6) is 0 Å². The van der Waals surface area contributed by atoms with Crippen molar-refractivity contribution in [3.8, 4) is 0 Å². The first kappa shape index (κ1) is 15.1. The van der Waals surface area contributed by atoms with Crippen LogP contribution in [-0.2, 0) is 4.74 Å². The van der Waals surface area contributed by atoms with Gasteiger partial charge in [0, 0.05) is 0 Å². The van der Waals surface area contributed by atoms with Crippen LogP contribution in [0.3, 0.4) is 0 Å². The molecule has 0 heterocycles. The van der Waals surface area contributed by atoms with Gasteiger partial charge in [0.15, 0.2) is 5.83 Å². The fraction of sp³-hybridized carbons (Fsp3) is 0.667. The number of ether oxygens (including phenoxy) is 1. The van der Waals surface area contributed by atoms with E-state index in [0.717, 1.165) is 0 Å². The van der Waals surface area contributed by atoms with Gasteiger partial charge in [-0.1, -0.05) is 6.58 Å². The van der Waals surface area contributed by atoms with Gasteiger partial charge in [-0.05, 0) is 0 Å². The fourth-order valence-electron chi connectivity index (χ4n) is 0.437. The summed E-state index contributed by atoms with van der Waals surface area (Å²) >= 11 is 0. The Morgan fingerprint density at radius 1 is 1.12 bits per heavy atom. The molecule has 0 bridgehead atoms. The maximum atomic E-state index is 12.3. The molecule has 16 heavy (non-hydrogen) atoms. The second-order valence-corrected chi connectivity index (χ2v) is 2.52. The van der Waals surface area contributed by atoms with E-state index < -0.39 is 30.3 Å². The van der Waals surface area contributed by atoms with Crippen molar-refractivity contribution in [2.24, 2.45) is 0 Å². The lowest BCUT2D eigenvalue weighted by Crippen LogP contribution is -2.57. The van der Waals surface area contributed by atoms with E-state index >= 15 is 0 Å². The third-order valence-corrected chi connectivity index (χ3v) is 1.26. The van der Waals surface area contributed by atoms with Crippen molar-refractivity contribution in [2.75, 3.05) is 0 Å². The van der Waals surface area contributed by atoms with Crippen molar-refractivity contribution < 1.29 is 45.0 Å². The lowest BCUT2D eigenvalue weighted by Gasteiger charge is -2.29. The molecule has 0 aromatic carbocycles. The van der Waals surface area contributed by atoms with Crippen LogP contribution in [0, 0.1) is 0 Å². The summed E-state index contributed by atoms with van der Waals surface area (Å²) in [5, 5.41) is 7.82. The van der Waals surface area contributed by atoms with Gasteiger partial charge in [-0.3, -0.25) is 4.74 Å². The lowest BCUT2D eigenvalue weighted by molar-refractivity contribution is -0.459. The summed E-state index contributed by atoms with van der Waals surface area (Å²) < 4.78 is 97.9. The van der Waals surface area contributed by atoms with E-state index in [2.05, 4.69) is 11.3 Å². The van der Waals surface area contributed by atoms with Crippen molar-refractivity contribution in [1.82, 2.24) is 0 Å². The van der Waals surface area contributed by atoms with Crippen molar-refractivity contribution in [2.45, 2.75) is 24.5 Å². The van der Waals surface area contributed by atoms with Gasteiger partial charge in [0.05, 0.1) is 0 Å². The second-order valence-electron chi connectivity index (χ2n) is 2.52. The molecule has 0 aliphatic carbocycles. The zero-order valence-electron chi connectivity index (χ0n) is 7.16. The van der Waals surface area contributed by atoms with Gasteiger partial charge in [-0.2, -0.15) is 26.3 Å². The van der Waals surface area contributed by atoms with Gasteiger partial charge < -0.3 is 5.11 Å². The zero-order chi connectivity index (χ0) is 13.4. The topological polar surface area (TPSA) is 29.5 Å². The van der Waals surface area contributed by atoms with Crippen LogP contribution in [0.25, 0.3) is 0 Å². The smallest absolute Gasteiger partial charge is 0.348 e. The third-order valence-electron chi connectivity index (χ3n) is 1.26. The standard InChI is InChI=1S/C6H4F8O2/c1-2(7)3(8)16-6(13,14)4(9,15)5(10,11)12/h3,15H,1H2. The summed E-state index contributed by atoms with van der Waals surface area (Å²) in [5.41, 5.74) is 0. The summed E-state index contributed by atoms with van der Waals surface area (Å²) in [7, 11) is 0. The van der Waals surface area contributed by atoms with E-state index in [-0.39, 0.29) is 0 Å². The molecule has 2 nitrogen and oxygen atoms in total. The molecule has 0 amide bonds. The Morgan fingerprint density at radius 2 is 1.50 bits per heavy atom. The molecule has 0 aromatic heterocycles. The van der Waals surface area contributed by atoms with E-state index in [4.69, 9.17) is 5.11 Å². The Hall–Kier alpha value is -0.900. The van der Waals surface area contributed by atoms with Gasteiger partial charge in [-0.15, -0.1) is 0 Å². The van der Waals surface area contributed by atoms with Crippen molar-refractivity contribution in [3.05, 3.63) is 12.4 Å². The average molecular weight is 260 g/mol. The molecule has 2 atom stereocenters. The average Bonchev–Trinajstić information content (AvgIpc) is 2.00. The molecule has 0 aliphatic heterocycles. The van der Waals surface area contributed by atoms with E-state index in [0.29, 0.717) is 0 Å². The minimum absolute atomic E-state index is 2.10. The normalized spacial score (nSPS) is 19.1. The number of aliphatic hydroxyl groups is 1. The van der Waals surface area contributed by atoms with Crippen molar-refractivity contribution >= 4 is 0 Å². The summed E-state index contributed by atoms with van der Waals surface area (Å²) in [6, 6.07) is 0. The third kappa shape index (κ3) is 2.82. The highest BCUT2D eigenvalue weighted by Gasteiger charge is 2.73. The number of alkyl halides is 7. The van der Waals surface area contributed by atoms with Crippen molar-refractivity contribution in [3.63, 3.8) is 0 Å². The monoisotopic (exact) mass is 260 g/mol. The maximum Gasteiger partial charge on any atom is 0.457 e. The molecule has 2 unspecified atom stereocenters. The van der Waals surface area contributed by atoms with Crippen LogP contribution in [0.1, 0.15) is 0 Å². The molecule has 0 radical (unpaired) electrons. The van der Waals surface area contributed by atoms with E-state index in [9.17, 15) is 35.1 Å². The summed E-state index contributed by atoms with van der Waals surface area (Å²) in [6.07, 6.45) is -16.2. The van der Waals surface area contributed by atoms with Gasteiger partial charge in [-0.25, -0.2) is 8.78 Å². The molecular weight excluding hydrogens is 256 g/mol. The predicted molar refractivity (Wildman–Crippen MR) is 33.3 cm³/mol. The van der Waals surface area contributed by atoms with E-state index in [1.165, 1.54) is 0 Å². The molecule has 0 fully saturated rings. The van der Waals surface area contributed by atoms with Gasteiger partial charge in [0.2, 0.25) is 0 Å². The molecule has 0 saturated carbocycles. The van der Waals surface area contributed by atoms with E-state index in [1.807, 2.05) is 0 Å². The van der Waals surface area contributed by atoms with Crippen LogP contribution in [0.2, 0.25) is 0 Å². The number of hydrogen-bond acceptors (Lipinski definition) is 2. The first-order chi connectivity index (χ1) is 6.83. The summed E-state index contributed by atoms with van der Waals surface area (Å²) in [6.45, 7) is 2.10. The fourth-order valence-corrected chi connectivity index (χ4v) is 0.437. The Balaban J connectivity index is 4.99. The highest BCUT2D eigenvalue weighted by atomic mass is 19.4. The Bertz CT molecular complexity index is 270. The summed E-state index contributed by atoms with van der Waals surface area (Å²) in [4.78, 5) is 0. The molecule has 1 N–H and O–H groups in total. The van der Waals surface area contributed by atoms with Gasteiger partial charge >= 0.3 is 18.1 Å². The van der Waals surface area contributed by atoms with E-state index in [1.54, 1.807) is 0 Å². The Labute approximate surface area is 83.1 Å². The van der Waals surface area contributed by atoms with Crippen LogP contribution < -0.4 is 0 Å². The minimum atomic E-state index is -6.45. The predicted octanol–water partition coefficient (Wildman–Crippen LogP) is 2.60. The summed E-state index contributed by atoms with van der Waals surface area (Å²) in [5.74, 6) is -8.36. The highest BCUT2D eigenvalue weighted by molar-refractivity contribution is 4.89. The molecule has 0 saturated heterocycles. The molecule has 96 valence electrons. The molecule has 0 spiro atoms. The minimum Gasteiger partial charge on any atom is -0.348 e. The second kappa shape index (κ2) is 4.17. The largest absolute Gasteiger partial charge is 0.457 e. The zero-order valence-corrected chi connectivity index (χ0v) is 7.16. The van der Waals surface area contributed by atoms with Gasteiger partial charge in [0.25, 0.3) is 6.36 Å². The molecule has 0 rings (SSSR count). The Kier molecular flexibility index (Phi) is 3.93. The SMILES string of the molecule is C=C(F)C(F)OC(F)(F)C(O)(F)C(F)(F)F. The molecule has 0 aliphatic rings. The highest BCUT2D eigenvalue weighted by Crippen LogP contribution is 2.44. The number of hydrogen-bond donors (Lipinski definition) is 1. The lowest BCUT2D eigenvalue weighted by atomic mass is 10.3. The van der Waals surface area contributed by atoms with Crippen molar-refractivity contribution in [1.29, 1.82) is 0 Å². The quantitative estimate of drug-likeness (QED) is 0.787. The number of rotatable bonds is 4. The molecule has 10 heteroatoms. The first-order valence-electron chi connectivity index (χ1n) is 3.35. The molecular formula is C6H4F8O2. The number of halogens is 8. The maximum absolute atomic E-state index is 12.3. The Morgan fingerprint density at radius 3 is 1.75 bits per heavy atom. The van der Waals surface area contributed by atoms with Crippen LogP contribution in [0.15, 0.2) is 12.4 Å². The molecule has 0 aromatic rings. The van der Waals surface area contributed by atoms with Crippen LogP contribution >= 0.6 is 0 Å². The first-order valence-corrected chi connectivity index (χ1v) is 3.35. The van der Waals surface area contributed by atoms with Gasteiger partial charge in [0.1, 0.15) is 0 Å². The van der Waals surface area contributed by atoms with Crippen LogP contribution in [0.4, 0.5) is 35.1 Å².